The molecule has 3 rings (SSSR count). The van der Waals surface area contributed by atoms with Crippen LogP contribution in [0.5, 0.6) is 0 Å². The quantitative estimate of drug-likeness (QED) is 0.818. The van der Waals surface area contributed by atoms with E-state index in [0.717, 1.165) is 19.6 Å². The number of amides is 1. The van der Waals surface area contributed by atoms with Crippen molar-refractivity contribution in [2.24, 2.45) is 0 Å². The van der Waals surface area contributed by atoms with Crippen LogP contribution in [0.3, 0.4) is 0 Å². The first-order valence-electron chi connectivity index (χ1n) is 9.21. The van der Waals surface area contributed by atoms with E-state index < -0.39 is 0 Å². The van der Waals surface area contributed by atoms with Crippen molar-refractivity contribution in [3.05, 3.63) is 34.6 Å². The maximum Gasteiger partial charge on any atom is 0.236 e. The zero-order valence-electron chi connectivity index (χ0n) is 14.9. The van der Waals surface area contributed by atoms with Crippen molar-refractivity contribution < 1.29 is 9.18 Å². The van der Waals surface area contributed by atoms with Gasteiger partial charge in [-0.1, -0.05) is 24.1 Å². The Hall–Kier alpha value is -1.17. The molecule has 2 fully saturated rings. The first kappa shape index (κ1) is 18.6. The lowest BCUT2D eigenvalue weighted by atomic mass is 10.0. The molecular formula is C19H27ClFN3O. The minimum atomic E-state index is -0.259. The SMILES string of the molecule is CC1CCCCN1CC(=O)N1CCN(Cc2c(F)cccc2Cl)CC1. The first-order chi connectivity index (χ1) is 12.0. The fourth-order valence-corrected chi connectivity index (χ4v) is 3.95. The molecule has 2 aliphatic rings. The van der Waals surface area contributed by atoms with Gasteiger partial charge in [0, 0.05) is 49.4 Å². The van der Waals surface area contributed by atoms with Crippen molar-refractivity contribution in [1.82, 2.24) is 14.7 Å². The molecule has 0 spiro atoms. The van der Waals surface area contributed by atoms with E-state index in [1.165, 1.54) is 25.3 Å². The molecule has 4 nitrogen and oxygen atoms in total. The van der Waals surface area contributed by atoms with Gasteiger partial charge in [-0.05, 0) is 38.4 Å². The van der Waals surface area contributed by atoms with Gasteiger partial charge in [-0.3, -0.25) is 14.6 Å². The van der Waals surface area contributed by atoms with E-state index in [4.69, 9.17) is 11.6 Å². The first-order valence-corrected chi connectivity index (χ1v) is 9.59. The molecule has 2 heterocycles. The molecular weight excluding hydrogens is 341 g/mol. The van der Waals surface area contributed by atoms with Gasteiger partial charge in [0.05, 0.1) is 6.54 Å². The molecule has 1 aromatic rings. The maximum atomic E-state index is 13.9. The summed E-state index contributed by atoms with van der Waals surface area (Å²) >= 11 is 6.11. The highest BCUT2D eigenvalue weighted by atomic mass is 35.5. The number of benzene rings is 1. The summed E-state index contributed by atoms with van der Waals surface area (Å²) < 4.78 is 13.9. The lowest BCUT2D eigenvalue weighted by Gasteiger charge is -2.38. The van der Waals surface area contributed by atoms with Crippen molar-refractivity contribution in [3.63, 3.8) is 0 Å². The highest BCUT2D eigenvalue weighted by Crippen LogP contribution is 2.21. The highest BCUT2D eigenvalue weighted by molar-refractivity contribution is 6.31. The van der Waals surface area contributed by atoms with E-state index in [2.05, 4.69) is 16.7 Å². The van der Waals surface area contributed by atoms with Gasteiger partial charge in [-0.15, -0.1) is 0 Å². The molecule has 0 aliphatic carbocycles. The fraction of sp³-hybridized carbons (Fsp3) is 0.632. The zero-order chi connectivity index (χ0) is 17.8. The van der Waals surface area contributed by atoms with E-state index in [-0.39, 0.29) is 11.7 Å². The Morgan fingerprint density at radius 3 is 2.64 bits per heavy atom. The largest absolute Gasteiger partial charge is 0.339 e. The van der Waals surface area contributed by atoms with Crippen LogP contribution in [0.25, 0.3) is 0 Å². The van der Waals surface area contributed by atoms with E-state index in [1.54, 1.807) is 12.1 Å². The Bertz CT molecular complexity index is 584. The third kappa shape index (κ3) is 4.72. The second-order valence-electron chi connectivity index (χ2n) is 7.17. The summed E-state index contributed by atoms with van der Waals surface area (Å²) in [6.07, 6.45) is 3.64. The van der Waals surface area contributed by atoms with E-state index in [0.29, 0.717) is 42.8 Å². The summed E-state index contributed by atoms with van der Waals surface area (Å²) in [5.41, 5.74) is 0.547. The molecule has 6 heteroatoms. The van der Waals surface area contributed by atoms with Crippen LogP contribution in [0.1, 0.15) is 31.7 Å². The van der Waals surface area contributed by atoms with Gasteiger partial charge in [0.1, 0.15) is 5.82 Å². The van der Waals surface area contributed by atoms with Crippen LogP contribution in [-0.4, -0.2) is 65.9 Å². The van der Waals surface area contributed by atoms with Crippen LogP contribution in [0, 0.1) is 5.82 Å². The van der Waals surface area contributed by atoms with Gasteiger partial charge in [-0.2, -0.15) is 0 Å². The Labute approximate surface area is 154 Å². The fourth-order valence-electron chi connectivity index (χ4n) is 3.73. The molecule has 0 aromatic heterocycles. The Balaban J connectivity index is 1.49. The monoisotopic (exact) mass is 367 g/mol. The summed E-state index contributed by atoms with van der Waals surface area (Å²) in [6.45, 7) is 7.18. The molecule has 25 heavy (non-hydrogen) atoms. The minimum absolute atomic E-state index is 0.220. The number of hydrogen-bond donors (Lipinski definition) is 0. The van der Waals surface area contributed by atoms with Crippen molar-refractivity contribution in [2.45, 2.75) is 38.8 Å². The Kier molecular flexibility index (Phi) is 6.31. The number of piperidine rings is 1. The number of likely N-dealkylation sites (tertiary alicyclic amines) is 1. The van der Waals surface area contributed by atoms with Gasteiger partial charge in [0.2, 0.25) is 5.91 Å². The smallest absolute Gasteiger partial charge is 0.236 e. The summed E-state index contributed by atoms with van der Waals surface area (Å²) in [4.78, 5) is 19.0. The summed E-state index contributed by atoms with van der Waals surface area (Å²) in [6, 6.07) is 5.29. The van der Waals surface area contributed by atoms with Crippen molar-refractivity contribution >= 4 is 17.5 Å². The normalized spacial score (nSPS) is 23.0. The van der Waals surface area contributed by atoms with E-state index >= 15 is 0 Å². The predicted molar refractivity (Wildman–Crippen MR) is 98.2 cm³/mol. The molecule has 2 saturated heterocycles. The van der Waals surface area contributed by atoms with Gasteiger partial charge in [0.25, 0.3) is 0 Å². The number of hydrogen-bond acceptors (Lipinski definition) is 3. The van der Waals surface area contributed by atoms with Crippen molar-refractivity contribution in [2.75, 3.05) is 39.3 Å². The van der Waals surface area contributed by atoms with Crippen LogP contribution in [-0.2, 0) is 11.3 Å². The number of rotatable bonds is 4. The van der Waals surface area contributed by atoms with E-state index in [1.807, 2.05) is 4.90 Å². The minimum Gasteiger partial charge on any atom is -0.339 e. The topological polar surface area (TPSA) is 26.8 Å². The molecule has 0 saturated carbocycles. The van der Waals surface area contributed by atoms with Crippen LogP contribution in [0.15, 0.2) is 18.2 Å². The van der Waals surface area contributed by atoms with Crippen LogP contribution in [0.4, 0.5) is 4.39 Å². The molecule has 1 amide bonds. The lowest BCUT2D eigenvalue weighted by Crippen LogP contribution is -2.52. The average Bonchev–Trinajstić information content (AvgIpc) is 2.61. The Morgan fingerprint density at radius 1 is 1.20 bits per heavy atom. The van der Waals surface area contributed by atoms with E-state index in [9.17, 15) is 9.18 Å². The van der Waals surface area contributed by atoms with Crippen LogP contribution < -0.4 is 0 Å². The average molecular weight is 368 g/mol. The van der Waals surface area contributed by atoms with Gasteiger partial charge in [0.15, 0.2) is 0 Å². The van der Waals surface area contributed by atoms with Crippen LogP contribution >= 0.6 is 11.6 Å². The molecule has 1 unspecified atom stereocenters. The third-order valence-electron chi connectivity index (χ3n) is 5.45. The molecule has 2 aliphatic heterocycles. The molecule has 1 atom stereocenters. The van der Waals surface area contributed by atoms with Crippen molar-refractivity contribution in [3.8, 4) is 0 Å². The van der Waals surface area contributed by atoms with Crippen molar-refractivity contribution in [1.29, 1.82) is 0 Å². The molecule has 0 radical (unpaired) electrons. The van der Waals surface area contributed by atoms with Crippen LogP contribution in [0.2, 0.25) is 5.02 Å². The maximum absolute atomic E-state index is 13.9. The zero-order valence-corrected chi connectivity index (χ0v) is 15.6. The van der Waals surface area contributed by atoms with Gasteiger partial charge < -0.3 is 4.90 Å². The lowest BCUT2D eigenvalue weighted by molar-refractivity contribution is -0.135. The van der Waals surface area contributed by atoms with Gasteiger partial charge in [-0.25, -0.2) is 4.39 Å². The standard InChI is InChI=1S/C19H27ClFN3O/c1-15-5-2-3-8-24(15)14-19(25)23-11-9-22(10-12-23)13-16-17(20)6-4-7-18(16)21/h4,6-7,15H,2-3,5,8-14H2,1H3. The molecule has 138 valence electrons. The number of piperazine rings is 1. The number of nitrogens with zero attached hydrogens (tertiary/aromatic N) is 3. The predicted octanol–water partition coefficient (Wildman–Crippen LogP) is 3.00. The number of halogens is 2. The Morgan fingerprint density at radius 2 is 1.96 bits per heavy atom. The third-order valence-corrected chi connectivity index (χ3v) is 5.80. The van der Waals surface area contributed by atoms with Gasteiger partial charge >= 0.3 is 0 Å². The molecule has 0 N–H and O–H groups in total. The summed E-state index contributed by atoms with van der Waals surface area (Å²) in [7, 11) is 0. The summed E-state index contributed by atoms with van der Waals surface area (Å²) in [5, 5.41) is 0.470. The highest BCUT2D eigenvalue weighted by Gasteiger charge is 2.26. The summed E-state index contributed by atoms with van der Waals surface area (Å²) in [5.74, 6) is -0.0394. The molecule has 0 bridgehead atoms. The second kappa shape index (κ2) is 8.47. The number of carbonyl (C=O) groups is 1. The second-order valence-corrected chi connectivity index (χ2v) is 7.58. The number of carbonyl (C=O) groups excluding carboxylic acids is 1. The molecule has 1 aromatic carbocycles.